The number of carbonyl (C=O) groups is 4. The number of hydrogen-bond donors (Lipinski definition) is 10. The van der Waals surface area contributed by atoms with Crippen molar-refractivity contribution in [3.63, 3.8) is 0 Å². The minimum atomic E-state index is -1.46. The molecule has 16 nitrogen and oxygen atoms in total. The van der Waals surface area contributed by atoms with Crippen LogP contribution in [0.25, 0.3) is 0 Å². The van der Waals surface area contributed by atoms with Crippen molar-refractivity contribution in [1.29, 1.82) is 0 Å². The van der Waals surface area contributed by atoms with Gasteiger partial charge in [0.2, 0.25) is 17.7 Å². The third-order valence-corrected chi connectivity index (χ3v) is 4.36. The van der Waals surface area contributed by atoms with Gasteiger partial charge in [-0.2, -0.15) is 0 Å². The fourth-order valence-electron chi connectivity index (χ4n) is 2.63. The maximum absolute atomic E-state index is 12.8. The Morgan fingerprint density at radius 3 is 1.85 bits per heavy atom. The fourth-order valence-corrected chi connectivity index (χ4v) is 2.63. The van der Waals surface area contributed by atoms with Crippen LogP contribution in [0.4, 0.5) is 0 Å². The highest BCUT2D eigenvalue weighted by atomic mass is 16.4. The van der Waals surface area contributed by atoms with E-state index in [1.807, 2.05) is 0 Å². The van der Waals surface area contributed by atoms with E-state index in [1.54, 1.807) is 0 Å². The SMILES string of the molecule is CC(O)C(NC(=O)C(CCCN=C(N)N)NC(=O)C(N)CCCN=C(N)N)C(=O)NCC(=O)O. The molecule has 0 bridgehead atoms. The van der Waals surface area contributed by atoms with Crippen molar-refractivity contribution < 1.29 is 29.4 Å². The van der Waals surface area contributed by atoms with Gasteiger partial charge in [0, 0.05) is 13.1 Å². The zero-order valence-corrected chi connectivity index (χ0v) is 19.1. The first-order valence-corrected chi connectivity index (χ1v) is 10.5. The summed E-state index contributed by atoms with van der Waals surface area (Å²) in [6.07, 6.45) is -0.326. The van der Waals surface area contributed by atoms with Crippen molar-refractivity contribution in [2.75, 3.05) is 19.6 Å². The number of guanidine groups is 2. The van der Waals surface area contributed by atoms with Crippen LogP contribution in [-0.4, -0.2) is 89.7 Å². The number of carbonyl (C=O) groups excluding carboxylic acids is 3. The van der Waals surface area contributed by atoms with Crippen LogP contribution < -0.4 is 44.6 Å². The molecule has 0 rings (SSSR count). The summed E-state index contributed by atoms with van der Waals surface area (Å²) in [6, 6.07) is -3.56. The fraction of sp³-hybridized carbons (Fsp3) is 0.667. The van der Waals surface area contributed by atoms with Gasteiger partial charge < -0.3 is 54.8 Å². The molecule has 0 saturated carbocycles. The summed E-state index contributed by atoms with van der Waals surface area (Å²) in [5.41, 5.74) is 26.9. The number of carboxylic acids is 1. The minimum Gasteiger partial charge on any atom is -0.480 e. The molecule has 0 radical (unpaired) electrons. The van der Waals surface area contributed by atoms with Crippen LogP contribution in [0, 0.1) is 0 Å². The van der Waals surface area contributed by atoms with E-state index < -0.39 is 54.5 Å². The molecular weight excluding hydrogens is 452 g/mol. The average Bonchev–Trinajstić information content (AvgIpc) is 2.74. The number of aliphatic imine (C=N–C) groups is 2. The Morgan fingerprint density at radius 2 is 1.38 bits per heavy atom. The Hall–Kier alpha value is -3.66. The lowest BCUT2D eigenvalue weighted by Gasteiger charge is -2.25. The lowest BCUT2D eigenvalue weighted by atomic mass is 10.1. The molecule has 0 aromatic rings. The number of amides is 3. The van der Waals surface area contributed by atoms with Crippen LogP contribution in [0.3, 0.4) is 0 Å². The average molecular weight is 489 g/mol. The summed E-state index contributed by atoms with van der Waals surface area (Å²) >= 11 is 0. The van der Waals surface area contributed by atoms with Gasteiger partial charge in [-0.3, -0.25) is 29.2 Å². The van der Waals surface area contributed by atoms with Gasteiger partial charge in [0.15, 0.2) is 11.9 Å². The number of nitrogens with zero attached hydrogens (tertiary/aromatic N) is 2. The summed E-state index contributed by atoms with van der Waals surface area (Å²) in [4.78, 5) is 55.7. The normalized spacial score (nSPS) is 14.0. The molecule has 16 heteroatoms. The largest absolute Gasteiger partial charge is 0.480 e. The molecule has 4 unspecified atom stereocenters. The molecule has 194 valence electrons. The molecule has 0 heterocycles. The lowest BCUT2D eigenvalue weighted by molar-refractivity contribution is -0.139. The van der Waals surface area contributed by atoms with Gasteiger partial charge in [-0.05, 0) is 32.6 Å². The first-order chi connectivity index (χ1) is 15.8. The van der Waals surface area contributed by atoms with Gasteiger partial charge in [0.1, 0.15) is 18.6 Å². The summed E-state index contributed by atoms with van der Waals surface area (Å²) in [5.74, 6) is -3.86. The van der Waals surface area contributed by atoms with Gasteiger partial charge in [0.05, 0.1) is 12.1 Å². The highest BCUT2D eigenvalue weighted by molar-refractivity contribution is 5.93. The van der Waals surface area contributed by atoms with Crippen molar-refractivity contribution in [3.8, 4) is 0 Å². The molecule has 0 aliphatic rings. The van der Waals surface area contributed by atoms with E-state index >= 15 is 0 Å². The van der Waals surface area contributed by atoms with E-state index in [0.717, 1.165) is 0 Å². The summed E-state index contributed by atoms with van der Waals surface area (Å²) in [5, 5.41) is 25.5. The van der Waals surface area contributed by atoms with Gasteiger partial charge in [-0.1, -0.05) is 0 Å². The Kier molecular flexibility index (Phi) is 14.3. The molecule has 0 saturated heterocycles. The van der Waals surface area contributed by atoms with Gasteiger partial charge >= 0.3 is 5.97 Å². The number of aliphatic hydroxyl groups excluding tert-OH is 1. The number of aliphatic hydroxyl groups is 1. The summed E-state index contributed by atoms with van der Waals surface area (Å²) in [6.45, 7) is 0.980. The maximum atomic E-state index is 12.8. The molecule has 0 aliphatic carbocycles. The highest BCUT2D eigenvalue weighted by Crippen LogP contribution is 2.04. The van der Waals surface area contributed by atoms with Gasteiger partial charge in [0.25, 0.3) is 0 Å². The molecule has 0 aliphatic heterocycles. The van der Waals surface area contributed by atoms with Crippen LogP contribution in [0.15, 0.2) is 9.98 Å². The zero-order valence-electron chi connectivity index (χ0n) is 19.1. The smallest absolute Gasteiger partial charge is 0.322 e. The predicted molar refractivity (Wildman–Crippen MR) is 124 cm³/mol. The second kappa shape index (κ2) is 16.0. The number of aliphatic carboxylic acids is 1. The number of hydrogen-bond acceptors (Lipinski definition) is 8. The second-order valence-electron chi connectivity index (χ2n) is 7.40. The molecule has 0 spiro atoms. The van der Waals surface area contributed by atoms with Crippen molar-refractivity contribution in [3.05, 3.63) is 0 Å². The van der Waals surface area contributed by atoms with Gasteiger partial charge in [-0.25, -0.2) is 0 Å². The van der Waals surface area contributed by atoms with E-state index in [4.69, 9.17) is 33.8 Å². The van der Waals surface area contributed by atoms with Crippen LogP contribution in [0.2, 0.25) is 0 Å². The molecule has 0 aromatic heterocycles. The molecule has 15 N–H and O–H groups in total. The second-order valence-corrected chi connectivity index (χ2v) is 7.40. The van der Waals surface area contributed by atoms with Crippen molar-refractivity contribution in [2.24, 2.45) is 38.7 Å². The van der Waals surface area contributed by atoms with E-state index in [1.165, 1.54) is 6.92 Å². The third kappa shape index (κ3) is 13.7. The van der Waals surface area contributed by atoms with E-state index in [2.05, 4.69) is 25.9 Å². The molecule has 3 amide bonds. The van der Waals surface area contributed by atoms with Gasteiger partial charge in [-0.15, -0.1) is 0 Å². The highest BCUT2D eigenvalue weighted by Gasteiger charge is 2.30. The van der Waals surface area contributed by atoms with E-state index in [0.29, 0.717) is 12.8 Å². The summed E-state index contributed by atoms with van der Waals surface area (Å²) < 4.78 is 0. The first-order valence-electron chi connectivity index (χ1n) is 10.5. The molecule has 34 heavy (non-hydrogen) atoms. The lowest BCUT2D eigenvalue weighted by Crippen LogP contribution is -2.58. The van der Waals surface area contributed by atoms with E-state index in [-0.39, 0.29) is 37.9 Å². The third-order valence-electron chi connectivity index (χ3n) is 4.36. The number of nitrogens with two attached hydrogens (primary N) is 5. The topological polar surface area (TPSA) is 300 Å². The van der Waals surface area contributed by atoms with Crippen LogP contribution in [0.5, 0.6) is 0 Å². The Labute approximate surface area is 196 Å². The van der Waals surface area contributed by atoms with Crippen LogP contribution in [0.1, 0.15) is 32.6 Å². The van der Waals surface area contributed by atoms with Crippen LogP contribution >= 0.6 is 0 Å². The van der Waals surface area contributed by atoms with Crippen molar-refractivity contribution in [1.82, 2.24) is 16.0 Å². The molecule has 0 aromatic carbocycles. The Morgan fingerprint density at radius 1 is 0.853 bits per heavy atom. The number of rotatable bonds is 16. The molecular formula is C18H36N10O6. The van der Waals surface area contributed by atoms with E-state index in [9.17, 15) is 24.3 Å². The first kappa shape index (κ1) is 30.3. The Bertz CT molecular complexity index is 750. The quantitative estimate of drug-likeness (QED) is 0.0556. The number of nitrogens with one attached hydrogen (secondary N) is 3. The van der Waals surface area contributed by atoms with Crippen LogP contribution in [-0.2, 0) is 19.2 Å². The summed E-state index contributed by atoms with van der Waals surface area (Å²) in [7, 11) is 0. The zero-order chi connectivity index (χ0) is 26.3. The minimum absolute atomic E-state index is 0.0817. The Balaban J connectivity index is 5.25. The standard InChI is InChI=1S/C18H36N10O6/c1-9(29)13(16(34)26-8-12(30)31)28-15(33)11(5-3-7-25-18(22)23)27-14(32)10(19)4-2-6-24-17(20)21/h9-11,13,29H,2-8,19H2,1H3,(H,26,34)(H,27,32)(H,28,33)(H,30,31)(H4,20,21,24)(H4,22,23,25). The van der Waals surface area contributed by atoms with Crippen molar-refractivity contribution in [2.45, 2.75) is 56.8 Å². The molecule has 4 atom stereocenters. The monoisotopic (exact) mass is 488 g/mol. The molecule has 0 fully saturated rings. The van der Waals surface area contributed by atoms with Crippen molar-refractivity contribution >= 4 is 35.6 Å². The predicted octanol–water partition coefficient (Wildman–Crippen LogP) is -5.03. The number of carboxylic acid groups (broad SMARTS) is 1. The maximum Gasteiger partial charge on any atom is 0.322 e.